The highest BCUT2D eigenvalue weighted by molar-refractivity contribution is 7.26. The first-order chi connectivity index (χ1) is 29.1. The van der Waals surface area contributed by atoms with E-state index in [9.17, 15) is 0 Å². The monoisotopic (exact) mass is 806 g/mol. The summed E-state index contributed by atoms with van der Waals surface area (Å²) in [7, 11) is 0. The van der Waals surface area contributed by atoms with Crippen LogP contribution in [-0.4, -0.2) is 11.4 Å². The maximum absolute atomic E-state index is 2.75. The molecule has 0 saturated carbocycles. The molecule has 13 rings (SSSR count). The van der Waals surface area contributed by atoms with Crippen molar-refractivity contribution in [3.05, 3.63) is 149 Å². The summed E-state index contributed by atoms with van der Waals surface area (Å²) in [6.07, 6.45) is 2.37. The number of thiophene rings is 1. The van der Waals surface area contributed by atoms with E-state index in [4.69, 9.17) is 0 Å². The second-order valence-electron chi connectivity index (χ2n) is 21.6. The van der Waals surface area contributed by atoms with Gasteiger partial charge in [0, 0.05) is 59.0 Å². The molecule has 0 fully saturated rings. The van der Waals surface area contributed by atoms with E-state index in [-0.39, 0.29) is 28.5 Å². The molecule has 4 aliphatic rings. The van der Waals surface area contributed by atoms with Gasteiger partial charge in [0.05, 0.1) is 11.0 Å². The lowest BCUT2D eigenvalue weighted by Gasteiger charge is -2.46. The van der Waals surface area contributed by atoms with E-state index in [1.807, 2.05) is 11.3 Å². The molecule has 61 heavy (non-hydrogen) atoms. The topological polar surface area (TPSA) is 8.17 Å². The molecule has 298 valence electrons. The molecule has 4 heteroatoms. The largest absolute Gasteiger partial charge is 0.376 e. The zero-order chi connectivity index (χ0) is 41.7. The number of benzene rings is 7. The maximum Gasteiger partial charge on any atom is 0.333 e. The van der Waals surface area contributed by atoms with Crippen LogP contribution in [0.15, 0.2) is 121 Å². The lowest BCUT2D eigenvalue weighted by atomic mass is 9.43. The predicted molar refractivity (Wildman–Crippen MR) is 264 cm³/mol. The standard InChI is InChI=1S/C57H51BN2S/c1-54(2,3)32-18-20-33(21-19-32)60-46-30-43-42(55(4,5)26-27-56(43,6)7)28-38(46)35-22-23-37-51-45(25-24-41-50(51)36-15-10-12-16-40(36)57(41,8)9)59-47-29-39-34-14-11-13-17-48(34)61-49(39)31-44(47)58(60)52(35)53(37)59/h10-25,28-31H,26-27H2,1-9H3. The van der Waals surface area contributed by atoms with Crippen LogP contribution in [0.3, 0.4) is 0 Å². The highest BCUT2D eigenvalue weighted by Gasteiger charge is 2.47. The number of nitrogens with zero attached hydrogens (tertiary/aromatic N) is 2. The molecular weight excluding hydrogens is 756 g/mol. The molecule has 0 amide bonds. The molecule has 2 aromatic heterocycles. The molecule has 0 saturated heterocycles. The summed E-state index contributed by atoms with van der Waals surface area (Å²) in [6.45, 7) is 21.7. The van der Waals surface area contributed by atoms with E-state index in [1.165, 1.54) is 133 Å². The van der Waals surface area contributed by atoms with Crippen molar-refractivity contribution >= 4 is 82.5 Å². The molecule has 2 aliphatic heterocycles. The summed E-state index contributed by atoms with van der Waals surface area (Å²) in [5.41, 5.74) is 22.2. The fourth-order valence-corrected chi connectivity index (χ4v) is 13.5. The highest BCUT2D eigenvalue weighted by Crippen LogP contribution is 2.56. The Morgan fingerprint density at radius 3 is 2.07 bits per heavy atom. The fraction of sp³-hybridized carbons (Fsp3) is 0.263. The van der Waals surface area contributed by atoms with Gasteiger partial charge in [-0.15, -0.1) is 11.3 Å². The van der Waals surface area contributed by atoms with Gasteiger partial charge in [-0.1, -0.05) is 135 Å². The maximum atomic E-state index is 2.75. The van der Waals surface area contributed by atoms with Crippen molar-refractivity contribution in [2.75, 3.05) is 4.81 Å². The van der Waals surface area contributed by atoms with Crippen LogP contribution >= 0.6 is 11.3 Å². The van der Waals surface area contributed by atoms with Gasteiger partial charge >= 0.3 is 6.85 Å². The Morgan fingerprint density at radius 1 is 0.574 bits per heavy atom. The molecule has 2 nitrogen and oxygen atoms in total. The quantitative estimate of drug-likeness (QED) is 0.150. The first-order valence-electron chi connectivity index (χ1n) is 22.4. The molecule has 0 bridgehead atoms. The van der Waals surface area contributed by atoms with Crippen LogP contribution in [0.1, 0.15) is 103 Å². The number of aromatic nitrogens is 1. The van der Waals surface area contributed by atoms with Crippen LogP contribution in [0.2, 0.25) is 0 Å². The number of rotatable bonds is 1. The minimum Gasteiger partial charge on any atom is -0.376 e. The number of hydrogen-bond donors (Lipinski definition) is 0. The van der Waals surface area contributed by atoms with E-state index in [2.05, 4.69) is 193 Å². The number of hydrogen-bond acceptors (Lipinski definition) is 2. The van der Waals surface area contributed by atoms with Gasteiger partial charge in [-0.25, -0.2) is 0 Å². The third-order valence-corrected chi connectivity index (χ3v) is 16.9. The Balaban J connectivity index is 1.22. The first kappa shape index (κ1) is 36.1. The molecular formula is C57H51BN2S. The van der Waals surface area contributed by atoms with Crippen molar-refractivity contribution in [1.29, 1.82) is 0 Å². The van der Waals surface area contributed by atoms with E-state index in [1.54, 1.807) is 0 Å². The van der Waals surface area contributed by atoms with Crippen LogP contribution in [0.4, 0.5) is 11.4 Å². The van der Waals surface area contributed by atoms with Crippen molar-refractivity contribution in [3.8, 4) is 27.9 Å². The molecule has 4 heterocycles. The minimum absolute atomic E-state index is 0.0253. The Labute approximate surface area is 364 Å². The van der Waals surface area contributed by atoms with E-state index in [0.29, 0.717) is 0 Å². The summed E-state index contributed by atoms with van der Waals surface area (Å²) < 4.78 is 5.39. The molecule has 0 spiro atoms. The average Bonchev–Trinajstić information content (AvgIpc) is 3.86. The van der Waals surface area contributed by atoms with E-state index < -0.39 is 0 Å². The molecule has 7 aromatic carbocycles. The third-order valence-electron chi connectivity index (χ3n) is 15.8. The van der Waals surface area contributed by atoms with Crippen molar-refractivity contribution < 1.29 is 0 Å². The fourth-order valence-electron chi connectivity index (χ4n) is 12.4. The zero-order valence-corrected chi connectivity index (χ0v) is 37.7. The number of anilines is 2. The predicted octanol–water partition coefficient (Wildman–Crippen LogP) is 14.3. The smallest absolute Gasteiger partial charge is 0.333 e. The second kappa shape index (κ2) is 11.5. The zero-order valence-electron chi connectivity index (χ0n) is 36.8. The van der Waals surface area contributed by atoms with Gasteiger partial charge < -0.3 is 9.38 Å². The van der Waals surface area contributed by atoms with Crippen LogP contribution in [0.5, 0.6) is 0 Å². The summed E-state index contributed by atoms with van der Waals surface area (Å²) in [6, 6.07) is 48.1. The van der Waals surface area contributed by atoms with Crippen LogP contribution < -0.4 is 15.7 Å². The van der Waals surface area contributed by atoms with Crippen LogP contribution in [0.25, 0.3) is 69.9 Å². The summed E-state index contributed by atoms with van der Waals surface area (Å²) in [4.78, 5) is 2.75. The Bertz CT molecular complexity index is 3440. The van der Waals surface area contributed by atoms with Gasteiger partial charge in [-0.05, 0) is 133 Å². The van der Waals surface area contributed by atoms with Gasteiger partial charge in [0.25, 0.3) is 0 Å². The van der Waals surface area contributed by atoms with E-state index in [0.717, 1.165) is 0 Å². The molecule has 9 aromatic rings. The van der Waals surface area contributed by atoms with Crippen LogP contribution in [-0.2, 0) is 21.7 Å². The van der Waals surface area contributed by atoms with Crippen molar-refractivity contribution in [1.82, 2.24) is 4.57 Å². The van der Waals surface area contributed by atoms with Crippen LogP contribution in [0, 0.1) is 0 Å². The Hall–Kier alpha value is -5.58. The van der Waals surface area contributed by atoms with Gasteiger partial charge in [0.2, 0.25) is 0 Å². The van der Waals surface area contributed by atoms with Crippen molar-refractivity contribution in [2.24, 2.45) is 0 Å². The molecule has 0 N–H and O–H groups in total. The van der Waals surface area contributed by atoms with Gasteiger partial charge in [0.15, 0.2) is 0 Å². The van der Waals surface area contributed by atoms with Crippen molar-refractivity contribution in [2.45, 2.75) is 96.8 Å². The minimum atomic E-state index is -0.0836. The van der Waals surface area contributed by atoms with Gasteiger partial charge in [-0.2, -0.15) is 0 Å². The molecule has 0 radical (unpaired) electrons. The lowest BCUT2D eigenvalue weighted by molar-refractivity contribution is 0.332. The SMILES string of the molecule is CC(C)(C)c1ccc(N2B3c4cc5sc6ccccc6c5cc4-n4c5ccc6c(c5c5ccc(c3c54)-c3cc4c(cc32)C(C)(C)CCC4(C)C)-c2ccccc2C6(C)C)cc1. The Morgan fingerprint density at radius 2 is 1.30 bits per heavy atom. The second-order valence-corrected chi connectivity index (χ2v) is 22.7. The van der Waals surface area contributed by atoms with Gasteiger partial charge in [-0.3, -0.25) is 0 Å². The van der Waals surface area contributed by atoms with Crippen molar-refractivity contribution in [3.63, 3.8) is 0 Å². The molecule has 0 unspecified atom stereocenters. The highest BCUT2D eigenvalue weighted by atomic mass is 32.1. The molecule has 2 aliphatic carbocycles. The lowest BCUT2D eigenvalue weighted by Crippen LogP contribution is -2.60. The summed E-state index contributed by atoms with van der Waals surface area (Å²) in [5.74, 6) is 0. The first-order valence-corrected chi connectivity index (χ1v) is 23.2. The molecule has 0 atom stereocenters. The normalized spacial score (nSPS) is 17.5. The number of fused-ring (bicyclic) bond motifs is 16. The Kier molecular flexibility index (Phi) is 6.78. The summed E-state index contributed by atoms with van der Waals surface area (Å²) >= 11 is 1.93. The summed E-state index contributed by atoms with van der Waals surface area (Å²) in [5, 5.41) is 5.43. The average molecular weight is 807 g/mol. The van der Waals surface area contributed by atoms with E-state index >= 15 is 0 Å². The van der Waals surface area contributed by atoms with Gasteiger partial charge in [0.1, 0.15) is 0 Å². The third kappa shape index (κ3) is 4.54.